The Balaban J connectivity index is 2.08. The van der Waals surface area contributed by atoms with Gasteiger partial charge in [-0.2, -0.15) is 0 Å². The maximum absolute atomic E-state index is 12.0. The molecule has 0 aliphatic heterocycles. The summed E-state index contributed by atoms with van der Waals surface area (Å²) in [5.41, 5.74) is 0.0479. The largest absolute Gasteiger partial charge is 0.352 e. The van der Waals surface area contributed by atoms with Crippen molar-refractivity contribution in [2.24, 2.45) is 5.92 Å². The Hall–Kier alpha value is -0.490. The number of amides is 1. The summed E-state index contributed by atoms with van der Waals surface area (Å²) in [6.45, 7) is 0.525. The van der Waals surface area contributed by atoms with Gasteiger partial charge in [-0.15, -0.1) is 0 Å². The fourth-order valence-electron chi connectivity index (χ4n) is 1.98. The fraction of sp³-hybridized carbons (Fsp3) is 0.462. The van der Waals surface area contributed by atoms with Gasteiger partial charge in [0.1, 0.15) is 4.90 Å². The van der Waals surface area contributed by atoms with Gasteiger partial charge in [0.2, 0.25) is 0 Å². The van der Waals surface area contributed by atoms with Crippen molar-refractivity contribution >= 4 is 48.8 Å². The molecule has 0 spiro atoms. The van der Waals surface area contributed by atoms with Crippen molar-refractivity contribution in [2.75, 3.05) is 6.54 Å². The highest BCUT2D eigenvalue weighted by Crippen LogP contribution is 2.33. The molecule has 0 atom stereocenters. The summed E-state index contributed by atoms with van der Waals surface area (Å²) >= 11 is 11.7. The molecule has 4 nitrogen and oxygen atoms in total. The summed E-state index contributed by atoms with van der Waals surface area (Å²) in [6, 6.07) is 2.31. The lowest BCUT2D eigenvalue weighted by atomic mass is 10.2. The predicted octanol–water partition coefficient (Wildman–Crippen LogP) is 3.84. The molecule has 0 aromatic heterocycles. The minimum absolute atomic E-state index is 0.0479. The van der Waals surface area contributed by atoms with E-state index in [0.717, 1.165) is 24.8 Å². The van der Waals surface area contributed by atoms with Gasteiger partial charge in [-0.3, -0.25) is 4.79 Å². The van der Waals surface area contributed by atoms with Gasteiger partial charge in [-0.25, -0.2) is 8.42 Å². The second-order valence-corrected chi connectivity index (χ2v) is 8.39. The quantitative estimate of drug-likeness (QED) is 0.611. The van der Waals surface area contributed by atoms with E-state index < -0.39 is 15.0 Å². The van der Waals surface area contributed by atoms with Crippen LogP contribution in [-0.2, 0) is 9.05 Å². The van der Waals surface area contributed by atoms with E-state index in [1.165, 1.54) is 18.9 Å². The minimum Gasteiger partial charge on any atom is -0.352 e. The summed E-state index contributed by atoms with van der Waals surface area (Å²) in [5, 5.41) is 2.69. The second-order valence-electron chi connectivity index (χ2n) is 5.04. The molecule has 1 aliphatic carbocycles. The predicted molar refractivity (Wildman–Crippen MR) is 83.8 cm³/mol. The highest BCUT2D eigenvalue weighted by molar-refractivity contribution is 8.13. The monoisotopic (exact) mass is 369 g/mol. The van der Waals surface area contributed by atoms with Crippen LogP contribution in [0.1, 0.15) is 36.0 Å². The molecule has 116 valence electrons. The summed E-state index contributed by atoms with van der Waals surface area (Å²) in [7, 11) is 1.24. The lowest BCUT2D eigenvalue weighted by Crippen LogP contribution is -2.25. The molecule has 0 radical (unpaired) electrons. The summed E-state index contributed by atoms with van der Waals surface area (Å²) < 4.78 is 22.8. The normalized spacial score (nSPS) is 15.0. The van der Waals surface area contributed by atoms with Crippen LogP contribution in [0.5, 0.6) is 0 Å². The molecule has 0 heterocycles. The first kappa shape index (κ1) is 16.9. The van der Waals surface area contributed by atoms with Crippen LogP contribution < -0.4 is 5.32 Å². The topological polar surface area (TPSA) is 63.2 Å². The van der Waals surface area contributed by atoms with Crippen LogP contribution in [0, 0.1) is 5.92 Å². The molecular formula is C13H14Cl3NO3S. The molecule has 8 heteroatoms. The maximum Gasteiger partial charge on any atom is 0.262 e. The Morgan fingerprint density at radius 2 is 1.90 bits per heavy atom. The number of nitrogens with one attached hydrogen (secondary N) is 1. The summed E-state index contributed by atoms with van der Waals surface area (Å²) in [4.78, 5) is 11.7. The van der Waals surface area contributed by atoms with Crippen molar-refractivity contribution in [3.05, 3.63) is 27.7 Å². The Bertz CT molecular complexity index is 657. The van der Waals surface area contributed by atoms with Crippen LogP contribution in [0.15, 0.2) is 17.0 Å². The third-order valence-corrected chi connectivity index (χ3v) is 5.40. The number of carbonyl (C=O) groups is 1. The first-order chi connectivity index (χ1) is 9.79. The lowest BCUT2D eigenvalue weighted by Gasteiger charge is -2.09. The average molecular weight is 371 g/mol. The third kappa shape index (κ3) is 4.74. The number of hydrogen-bond donors (Lipinski definition) is 1. The van der Waals surface area contributed by atoms with Crippen LogP contribution in [0.4, 0.5) is 0 Å². The van der Waals surface area contributed by atoms with E-state index in [1.807, 2.05) is 0 Å². The Morgan fingerprint density at radius 1 is 1.24 bits per heavy atom. The van der Waals surface area contributed by atoms with Gasteiger partial charge in [-0.05, 0) is 30.9 Å². The van der Waals surface area contributed by atoms with Crippen LogP contribution >= 0.6 is 33.9 Å². The number of halogens is 3. The Kier molecular flexibility index (Phi) is 5.41. The number of carbonyl (C=O) groups excluding carboxylic acids is 1. The van der Waals surface area contributed by atoms with Gasteiger partial charge >= 0.3 is 0 Å². The zero-order valence-corrected chi connectivity index (χ0v) is 14.1. The van der Waals surface area contributed by atoms with Gasteiger partial charge in [0, 0.05) is 17.2 Å². The Morgan fingerprint density at radius 3 is 2.48 bits per heavy atom. The smallest absolute Gasteiger partial charge is 0.262 e. The molecule has 1 fully saturated rings. The lowest BCUT2D eigenvalue weighted by molar-refractivity contribution is 0.0952. The minimum atomic E-state index is -4.03. The molecule has 1 aromatic rings. The van der Waals surface area contributed by atoms with E-state index in [0.29, 0.717) is 6.54 Å². The number of hydrogen-bond acceptors (Lipinski definition) is 3. The Labute approximate surface area is 138 Å². The molecule has 0 unspecified atom stereocenters. The van der Waals surface area contributed by atoms with Gasteiger partial charge in [-0.1, -0.05) is 36.0 Å². The zero-order chi connectivity index (χ0) is 15.6. The van der Waals surface area contributed by atoms with Gasteiger partial charge in [0.25, 0.3) is 15.0 Å². The highest BCUT2D eigenvalue weighted by atomic mass is 35.7. The molecule has 1 amide bonds. The van der Waals surface area contributed by atoms with Crippen molar-refractivity contribution in [2.45, 2.75) is 30.6 Å². The van der Waals surface area contributed by atoms with E-state index >= 15 is 0 Å². The standard InChI is InChI=1S/C13H14Cl3NO3S/c14-10-7-11(15)12(21(16,19)20)6-9(10)13(18)17-5-1-2-8-3-4-8/h6-8H,1-5H2,(H,17,18). The molecular weight excluding hydrogens is 357 g/mol. The third-order valence-electron chi connectivity index (χ3n) is 3.30. The van der Waals surface area contributed by atoms with Gasteiger partial charge < -0.3 is 5.32 Å². The van der Waals surface area contributed by atoms with Crippen molar-refractivity contribution in [1.29, 1.82) is 0 Å². The molecule has 1 saturated carbocycles. The van der Waals surface area contributed by atoms with E-state index in [1.54, 1.807) is 0 Å². The zero-order valence-electron chi connectivity index (χ0n) is 11.0. The van der Waals surface area contributed by atoms with E-state index in [-0.39, 0.29) is 20.5 Å². The van der Waals surface area contributed by atoms with Crippen LogP contribution in [0.2, 0.25) is 10.0 Å². The van der Waals surface area contributed by atoms with Crippen molar-refractivity contribution in [1.82, 2.24) is 5.32 Å². The average Bonchev–Trinajstić information content (AvgIpc) is 3.16. The highest BCUT2D eigenvalue weighted by Gasteiger charge is 2.22. The second kappa shape index (κ2) is 6.73. The van der Waals surface area contributed by atoms with E-state index in [2.05, 4.69) is 5.32 Å². The molecule has 0 bridgehead atoms. The maximum atomic E-state index is 12.0. The molecule has 0 saturated heterocycles. The summed E-state index contributed by atoms with van der Waals surface area (Å²) in [5.74, 6) is 0.364. The fourth-order valence-corrected chi connectivity index (χ4v) is 3.81. The van der Waals surface area contributed by atoms with E-state index in [9.17, 15) is 13.2 Å². The van der Waals surface area contributed by atoms with E-state index in [4.69, 9.17) is 33.9 Å². The first-order valence-corrected chi connectivity index (χ1v) is 9.57. The number of benzene rings is 1. The van der Waals surface area contributed by atoms with Gasteiger partial charge in [0.15, 0.2) is 0 Å². The molecule has 1 N–H and O–H groups in total. The first-order valence-electron chi connectivity index (χ1n) is 6.51. The van der Waals surface area contributed by atoms with Crippen molar-refractivity contribution in [3.8, 4) is 0 Å². The SMILES string of the molecule is O=C(NCCCC1CC1)c1cc(S(=O)(=O)Cl)c(Cl)cc1Cl. The van der Waals surface area contributed by atoms with Crippen LogP contribution in [-0.4, -0.2) is 20.9 Å². The molecule has 1 aromatic carbocycles. The molecule has 1 aliphatic rings. The summed E-state index contributed by atoms with van der Waals surface area (Å²) in [6.07, 6.45) is 4.53. The molecule has 2 rings (SSSR count). The van der Waals surface area contributed by atoms with Crippen LogP contribution in [0.3, 0.4) is 0 Å². The molecule has 21 heavy (non-hydrogen) atoms. The van der Waals surface area contributed by atoms with Crippen molar-refractivity contribution < 1.29 is 13.2 Å². The van der Waals surface area contributed by atoms with Crippen molar-refractivity contribution in [3.63, 3.8) is 0 Å². The van der Waals surface area contributed by atoms with Gasteiger partial charge in [0.05, 0.1) is 15.6 Å². The number of rotatable bonds is 6. The van der Waals surface area contributed by atoms with Crippen LogP contribution in [0.25, 0.3) is 0 Å².